The highest BCUT2D eigenvalue weighted by atomic mass is 16.5. The van der Waals surface area contributed by atoms with Gasteiger partial charge in [0, 0.05) is 43.0 Å². The van der Waals surface area contributed by atoms with Crippen molar-refractivity contribution >= 4 is 22.9 Å². The monoisotopic (exact) mass is 510 g/mol. The molecule has 196 valence electrons. The van der Waals surface area contributed by atoms with E-state index in [1.54, 1.807) is 0 Å². The first-order valence-electron chi connectivity index (χ1n) is 13.6. The zero-order valence-electron chi connectivity index (χ0n) is 21.6. The van der Waals surface area contributed by atoms with Gasteiger partial charge in [0.1, 0.15) is 30.1 Å². The van der Waals surface area contributed by atoms with Crippen LogP contribution < -0.4 is 15.8 Å². The Labute approximate surface area is 222 Å². The van der Waals surface area contributed by atoms with Gasteiger partial charge in [0.15, 0.2) is 0 Å². The van der Waals surface area contributed by atoms with Crippen LogP contribution in [0.2, 0.25) is 0 Å². The number of ether oxygens (including phenoxy) is 1. The molecular weight excluding hydrogens is 476 g/mol. The number of para-hydroxylation sites is 1. The van der Waals surface area contributed by atoms with Gasteiger partial charge in [0.25, 0.3) is 0 Å². The number of fused-ring (bicyclic) bond motifs is 1. The molecule has 6 rings (SSSR count). The molecule has 0 unspecified atom stereocenters. The lowest BCUT2D eigenvalue weighted by atomic mass is 9.80. The van der Waals surface area contributed by atoms with Crippen LogP contribution in [-0.2, 0) is 6.61 Å². The summed E-state index contributed by atoms with van der Waals surface area (Å²) >= 11 is 0. The van der Waals surface area contributed by atoms with Crippen LogP contribution >= 0.6 is 0 Å². The Hall–Kier alpha value is -4.07. The van der Waals surface area contributed by atoms with Gasteiger partial charge in [-0.1, -0.05) is 48.5 Å². The Morgan fingerprint density at radius 3 is 2.55 bits per heavy atom. The standard InChI is InChI=1S/C30H34N6O2/c31-28-27-25(24-11-5-6-12-26(24)38-19-21-9-3-1-4-10-21)18-36(29(27)34-20-33-28)23-15-22(16-23)17-32-30(37)35-13-7-2-8-14-35/h1,3-6,9-12,18,20,22-23H,2,7-8,13-17,19H2,(H,32,37)(H2,31,33,34). The number of carbonyl (C=O) groups is 1. The number of hydrogen-bond acceptors (Lipinski definition) is 5. The number of nitrogens with two attached hydrogens (primary N) is 1. The van der Waals surface area contributed by atoms with E-state index in [0.29, 0.717) is 30.9 Å². The SMILES string of the molecule is Nc1ncnc2c1c(-c1ccccc1OCc1ccccc1)cn2C1CC(CNC(=O)N2CCCCC2)C1. The van der Waals surface area contributed by atoms with Gasteiger partial charge in [-0.25, -0.2) is 14.8 Å². The van der Waals surface area contributed by atoms with Gasteiger partial charge >= 0.3 is 6.03 Å². The van der Waals surface area contributed by atoms with Gasteiger partial charge < -0.3 is 25.3 Å². The number of nitrogens with one attached hydrogen (secondary N) is 1. The number of hydrogen-bond donors (Lipinski definition) is 2. The van der Waals surface area contributed by atoms with E-state index in [0.717, 1.165) is 72.2 Å². The van der Waals surface area contributed by atoms with Crippen molar-refractivity contribution in [3.63, 3.8) is 0 Å². The molecule has 2 aromatic carbocycles. The van der Waals surface area contributed by atoms with E-state index >= 15 is 0 Å². The van der Waals surface area contributed by atoms with Crippen LogP contribution in [0.5, 0.6) is 5.75 Å². The lowest BCUT2D eigenvalue weighted by Gasteiger charge is -2.37. The summed E-state index contributed by atoms with van der Waals surface area (Å²) in [6.45, 7) is 2.94. The second kappa shape index (κ2) is 10.7. The first-order chi connectivity index (χ1) is 18.7. The molecule has 0 radical (unpaired) electrons. The summed E-state index contributed by atoms with van der Waals surface area (Å²) in [5.41, 5.74) is 10.3. The van der Waals surface area contributed by atoms with Gasteiger partial charge in [-0.2, -0.15) is 0 Å². The molecule has 8 heteroatoms. The Bertz CT molecular complexity index is 1410. The summed E-state index contributed by atoms with van der Waals surface area (Å²) in [5, 5.41) is 4.01. The summed E-state index contributed by atoms with van der Waals surface area (Å²) in [4.78, 5) is 23.4. The summed E-state index contributed by atoms with van der Waals surface area (Å²) in [7, 11) is 0. The van der Waals surface area contributed by atoms with Crippen LogP contribution in [-0.4, -0.2) is 45.1 Å². The van der Waals surface area contributed by atoms with Crippen molar-refractivity contribution in [2.75, 3.05) is 25.4 Å². The first kappa shape index (κ1) is 24.3. The van der Waals surface area contributed by atoms with Crippen LogP contribution in [0.4, 0.5) is 10.6 Å². The van der Waals surface area contributed by atoms with E-state index in [9.17, 15) is 4.79 Å². The van der Waals surface area contributed by atoms with Crippen molar-refractivity contribution in [2.24, 2.45) is 5.92 Å². The van der Waals surface area contributed by atoms with Gasteiger partial charge in [0.2, 0.25) is 0 Å². The zero-order chi connectivity index (χ0) is 25.9. The van der Waals surface area contributed by atoms with Gasteiger partial charge in [0.05, 0.1) is 5.39 Å². The molecule has 3 heterocycles. The third-order valence-electron chi connectivity index (χ3n) is 7.84. The van der Waals surface area contributed by atoms with Crippen molar-refractivity contribution in [1.82, 2.24) is 24.8 Å². The van der Waals surface area contributed by atoms with Crippen LogP contribution in [0, 0.1) is 5.92 Å². The predicted octanol–water partition coefficient (Wildman–Crippen LogP) is 5.41. The maximum atomic E-state index is 12.5. The summed E-state index contributed by atoms with van der Waals surface area (Å²) in [6, 6.07) is 18.6. The van der Waals surface area contributed by atoms with Crippen LogP contribution in [0.25, 0.3) is 22.2 Å². The first-order valence-corrected chi connectivity index (χ1v) is 13.6. The van der Waals surface area contributed by atoms with Gasteiger partial charge in [-0.3, -0.25) is 0 Å². The number of benzene rings is 2. The second-order valence-corrected chi connectivity index (χ2v) is 10.4. The van der Waals surface area contributed by atoms with E-state index < -0.39 is 0 Å². The molecule has 1 saturated carbocycles. The number of amides is 2. The van der Waals surface area contributed by atoms with E-state index in [1.807, 2.05) is 41.3 Å². The minimum Gasteiger partial charge on any atom is -0.488 e. The van der Waals surface area contributed by atoms with E-state index in [-0.39, 0.29) is 6.03 Å². The fraction of sp³-hybridized carbons (Fsp3) is 0.367. The molecule has 4 aromatic rings. The maximum absolute atomic E-state index is 12.5. The van der Waals surface area contributed by atoms with Crippen molar-refractivity contribution < 1.29 is 9.53 Å². The van der Waals surface area contributed by atoms with Crippen molar-refractivity contribution in [2.45, 2.75) is 44.8 Å². The number of anilines is 1. The average Bonchev–Trinajstić information content (AvgIpc) is 3.32. The summed E-state index contributed by atoms with van der Waals surface area (Å²) in [6.07, 6.45) is 9.08. The Morgan fingerprint density at radius 1 is 0.974 bits per heavy atom. The third kappa shape index (κ3) is 4.90. The molecule has 2 amide bonds. The predicted molar refractivity (Wildman–Crippen MR) is 149 cm³/mol. The highest BCUT2D eigenvalue weighted by Crippen LogP contribution is 2.44. The Morgan fingerprint density at radius 2 is 1.74 bits per heavy atom. The third-order valence-corrected chi connectivity index (χ3v) is 7.84. The maximum Gasteiger partial charge on any atom is 0.317 e. The minimum atomic E-state index is 0.0782. The molecule has 1 saturated heterocycles. The lowest BCUT2D eigenvalue weighted by molar-refractivity contribution is 0.168. The number of carbonyl (C=O) groups excluding carboxylic acids is 1. The molecule has 38 heavy (non-hydrogen) atoms. The van der Waals surface area contributed by atoms with Crippen molar-refractivity contribution in [3.8, 4) is 16.9 Å². The molecular formula is C30H34N6O2. The molecule has 0 bridgehead atoms. The molecule has 0 spiro atoms. The molecule has 8 nitrogen and oxygen atoms in total. The van der Waals surface area contributed by atoms with Crippen LogP contribution in [0.15, 0.2) is 67.1 Å². The van der Waals surface area contributed by atoms with E-state index in [1.165, 1.54) is 12.7 Å². The largest absolute Gasteiger partial charge is 0.488 e. The quantitative estimate of drug-likeness (QED) is 0.347. The van der Waals surface area contributed by atoms with Crippen LogP contribution in [0.1, 0.15) is 43.7 Å². The number of likely N-dealkylation sites (tertiary alicyclic amines) is 1. The fourth-order valence-corrected chi connectivity index (χ4v) is 5.68. The van der Waals surface area contributed by atoms with Gasteiger partial charge in [-0.15, -0.1) is 0 Å². The number of aromatic nitrogens is 3. The molecule has 2 aromatic heterocycles. The van der Waals surface area contributed by atoms with E-state index in [2.05, 4.69) is 44.2 Å². The van der Waals surface area contributed by atoms with Crippen molar-refractivity contribution in [1.29, 1.82) is 0 Å². The number of rotatable bonds is 7. The van der Waals surface area contributed by atoms with Crippen molar-refractivity contribution in [3.05, 3.63) is 72.7 Å². The lowest BCUT2D eigenvalue weighted by Crippen LogP contribution is -2.45. The highest BCUT2D eigenvalue weighted by molar-refractivity contribution is 6.01. The number of piperidine rings is 1. The zero-order valence-corrected chi connectivity index (χ0v) is 21.6. The number of nitrogen functional groups attached to an aromatic ring is 1. The smallest absolute Gasteiger partial charge is 0.317 e. The fourth-order valence-electron chi connectivity index (χ4n) is 5.68. The van der Waals surface area contributed by atoms with Crippen LogP contribution in [0.3, 0.4) is 0 Å². The number of nitrogens with zero attached hydrogens (tertiary/aromatic N) is 4. The average molecular weight is 511 g/mol. The van der Waals surface area contributed by atoms with E-state index in [4.69, 9.17) is 10.5 Å². The normalized spacial score (nSPS) is 19.2. The summed E-state index contributed by atoms with van der Waals surface area (Å²) in [5.74, 6) is 1.71. The topological polar surface area (TPSA) is 98.3 Å². The molecule has 3 N–H and O–H groups in total. The highest BCUT2D eigenvalue weighted by Gasteiger charge is 2.33. The Kier molecular flexibility index (Phi) is 6.86. The molecule has 2 fully saturated rings. The molecule has 0 atom stereocenters. The Balaban J connectivity index is 1.20. The molecule has 2 aliphatic rings. The minimum absolute atomic E-state index is 0.0782. The second-order valence-electron chi connectivity index (χ2n) is 10.4. The number of urea groups is 1. The summed E-state index contributed by atoms with van der Waals surface area (Å²) < 4.78 is 8.50. The van der Waals surface area contributed by atoms with Gasteiger partial charge in [-0.05, 0) is 49.7 Å². The molecule has 1 aliphatic carbocycles. The molecule has 1 aliphatic heterocycles.